The third-order valence-electron chi connectivity index (χ3n) is 2.46. The van der Waals surface area contributed by atoms with Crippen molar-refractivity contribution < 1.29 is 9.31 Å². The summed E-state index contributed by atoms with van der Waals surface area (Å²) < 4.78 is 13.7. The number of pyridine rings is 1. The van der Waals surface area contributed by atoms with Crippen LogP contribution in [-0.2, 0) is 0 Å². The second-order valence-corrected chi connectivity index (χ2v) is 4.50. The molecule has 1 unspecified atom stereocenters. The predicted octanol–water partition coefficient (Wildman–Crippen LogP) is 2.30. The number of rotatable bonds is 2. The number of hydrogen-bond acceptors (Lipinski definition) is 4. The van der Waals surface area contributed by atoms with Crippen LogP contribution in [0.15, 0.2) is 16.7 Å². The summed E-state index contributed by atoms with van der Waals surface area (Å²) in [4.78, 5) is 15.6. The molecule has 2 rings (SSSR count). The zero-order valence-electron chi connectivity index (χ0n) is 8.27. The Kier molecular flexibility index (Phi) is 3.04. The maximum Gasteiger partial charge on any atom is 0.387 e. The largest absolute Gasteiger partial charge is 0.387 e. The van der Waals surface area contributed by atoms with Gasteiger partial charge in [0.2, 0.25) is 0 Å². The second-order valence-electron chi connectivity index (χ2n) is 3.59. The van der Waals surface area contributed by atoms with Crippen LogP contribution in [0.5, 0.6) is 0 Å². The van der Waals surface area contributed by atoms with Gasteiger partial charge in [0.15, 0.2) is 6.20 Å². The Hall–Kier alpha value is -1.24. The van der Waals surface area contributed by atoms with Crippen molar-refractivity contribution in [2.75, 3.05) is 18.0 Å². The average molecular weight is 290 g/mol. The van der Waals surface area contributed by atoms with Gasteiger partial charge in [0.05, 0.1) is 4.47 Å². The molecule has 0 saturated carbocycles. The number of aromatic nitrogens is 1. The molecule has 0 amide bonds. The van der Waals surface area contributed by atoms with Gasteiger partial charge in [-0.1, -0.05) is 0 Å². The van der Waals surface area contributed by atoms with Gasteiger partial charge in [0, 0.05) is 13.1 Å². The van der Waals surface area contributed by atoms with E-state index in [1.807, 2.05) is 0 Å². The van der Waals surface area contributed by atoms with Crippen molar-refractivity contribution in [3.05, 3.63) is 26.9 Å². The first kappa shape index (κ1) is 11.3. The lowest BCUT2D eigenvalue weighted by molar-refractivity contribution is -0.388. The maximum absolute atomic E-state index is 13.0. The number of alkyl halides is 1. The smallest absolute Gasteiger partial charge is 0.362 e. The van der Waals surface area contributed by atoms with E-state index in [0.29, 0.717) is 23.1 Å². The van der Waals surface area contributed by atoms with Gasteiger partial charge >= 0.3 is 5.82 Å². The third-order valence-corrected chi connectivity index (χ3v) is 2.89. The molecule has 0 aromatic carbocycles. The molecular formula is C9H9BrFN3O2. The standard InChI is InChI=1S/C9H9BrFN3O2/c10-6-3-8(9(12-4-6)14(15)16)13-2-1-7(11)5-13/h3-4,7H,1-2,5H2. The summed E-state index contributed by atoms with van der Waals surface area (Å²) in [6.07, 6.45) is 0.854. The fourth-order valence-corrected chi connectivity index (χ4v) is 2.05. The van der Waals surface area contributed by atoms with E-state index < -0.39 is 11.1 Å². The van der Waals surface area contributed by atoms with Gasteiger partial charge in [-0.3, -0.25) is 0 Å². The lowest BCUT2D eigenvalue weighted by Gasteiger charge is -2.16. The van der Waals surface area contributed by atoms with Gasteiger partial charge in [0.1, 0.15) is 11.9 Å². The highest BCUT2D eigenvalue weighted by Crippen LogP contribution is 2.31. The molecule has 1 aliphatic rings. The lowest BCUT2D eigenvalue weighted by Crippen LogP contribution is -2.21. The minimum absolute atomic E-state index is 0.193. The minimum atomic E-state index is -0.918. The summed E-state index contributed by atoms with van der Waals surface area (Å²) in [5.74, 6) is -0.225. The molecule has 1 fully saturated rings. The van der Waals surface area contributed by atoms with Gasteiger partial charge in [-0.15, -0.1) is 0 Å². The molecule has 2 heterocycles. The highest BCUT2D eigenvalue weighted by Gasteiger charge is 2.28. The molecule has 0 N–H and O–H groups in total. The molecule has 1 aromatic rings. The Morgan fingerprint density at radius 3 is 3.00 bits per heavy atom. The number of nitrogens with zero attached hydrogens (tertiary/aromatic N) is 3. The van der Waals surface area contributed by atoms with Gasteiger partial charge in [-0.2, -0.15) is 0 Å². The normalized spacial score (nSPS) is 20.1. The zero-order chi connectivity index (χ0) is 11.7. The topological polar surface area (TPSA) is 59.3 Å². The number of hydrogen-bond donors (Lipinski definition) is 0. The van der Waals surface area contributed by atoms with E-state index in [-0.39, 0.29) is 12.4 Å². The van der Waals surface area contributed by atoms with Crippen LogP contribution < -0.4 is 4.90 Å². The Morgan fingerprint density at radius 1 is 1.69 bits per heavy atom. The summed E-state index contributed by atoms with van der Waals surface area (Å²) in [5, 5.41) is 10.8. The van der Waals surface area contributed by atoms with Crippen molar-refractivity contribution in [2.24, 2.45) is 0 Å². The molecule has 0 radical (unpaired) electrons. The third kappa shape index (κ3) is 2.13. The van der Waals surface area contributed by atoms with E-state index in [4.69, 9.17) is 0 Å². The molecule has 0 bridgehead atoms. The molecule has 1 aliphatic heterocycles. The number of anilines is 1. The Labute approximate surface area is 99.6 Å². The first-order valence-electron chi connectivity index (χ1n) is 4.77. The van der Waals surface area contributed by atoms with Crippen LogP contribution in [0, 0.1) is 10.1 Å². The SMILES string of the molecule is O=[N+]([O-])c1ncc(Br)cc1N1CCC(F)C1. The Balaban J connectivity index is 2.37. The van der Waals surface area contributed by atoms with Crippen molar-refractivity contribution in [3.63, 3.8) is 0 Å². The molecule has 7 heteroatoms. The van der Waals surface area contributed by atoms with Gasteiger partial charge in [0.25, 0.3) is 0 Å². The first-order valence-corrected chi connectivity index (χ1v) is 5.56. The van der Waals surface area contributed by atoms with E-state index in [2.05, 4.69) is 20.9 Å². The van der Waals surface area contributed by atoms with Crippen molar-refractivity contribution in [1.82, 2.24) is 4.98 Å². The van der Waals surface area contributed by atoms with Gasteiger partial charge in [-0.25, -0.2) is 4.39 Å². The molecular weight excluding hydrogens is 281 g/mol. The van der Waals surface area contributed by atoms with E-state index >= 15 is 0 Å². The van der Waals surface area contributed by atoms with Crippen molar-refractivity contribution in [1.29, 1.82) is 0 Å². The van der Waals surface area contributed by atoms with E-state index in [9.17, 15) is 14.5 Å². The van der Waals surface area contributed by atoms with Crippen LogP contribution in [0.3, 0.4) is 0 Å². The van der Waals surface area contributed by atoms with E-state index in [1.165, 1.54) is 6.20 Å². The lowest BCUT2D eigenvalue weighted by atomic mass is 10.3. The molecule has 0 aliphatic carbocycles. The quantitative estimate of drug-likeness (QED) is 0.619. The zero-order valence-corrected chi connectivity index (χ0v) is 9.85. The molecule has 5 nitrogen and oxygen atoms in total. The molecule has 1 atom stereocenters. The van der Waals surface area contributed by atoms with Crippen LogP contribution in [0.2, 0.25) is 0 Å². The molecule has 1 saturated heterocycles. The Morgan fingerprint density at radius 2 is 2.44 bits per heavy atom. The van der Waals surface area contributed by atoms with Crippen molar-refractivity contribution in [3.8, 4) is 0 Å². The number of nitro groups is 1. The summed E-state index contributed by atoms with van der Waals surface area (Å²) in [6.45, 7) is 0.680. The molecule has 1 aromatic heterocycles. The maximum atomic E-state index is 13.0. The Bertz CT molecular complexity index is 429. The van der Waals surface area contributed by atoms with Crippen LogP contribution in [0.4, 0.5) is 15.9 Å². The average Bonchev–Trinajstić information content (AvgIpc) is 2.64. The van der Waals surface area contributed by atoms with Crippen LogP contribution in [0.25, 0.3) is 0 Å². The first-order chi connectivity index (χ1) is 7.58. The van der Waals surface area contributed by atoms with Crippen LogP contribution in [0.1, 0.15) is 6.42 Å². The predicted molar refractivity (Wildman–Crippen MR) is 60.3 cm³/mol. The summed E-state index contributed by atoms with van der Waals surface area (Å²) in [7, 11) is 0. The minimum Gasteiger partial charge on any atom is -0.362 e. The molecule has 86 valence electrons. The van der Waals surface area contributed by atoms with E-state index in [0.717, 1.165) is 0 Å². The van der Waals surface area contributed by atoms with Crippen LogP contribution in [-0.4, -0.2) is 29.2 Å². The van der Waals surface area contributed by atoms with Gasteiger partial charge in [-0.05, 0) is 38.3 Å². The summed E-state index contributed by atoms with van der Waals surface area (Å²) >= 11 is 3.20. The second kappa shape index (κ2) is 4.32. The fourth-order valence-electron chi connectivity index (χ4n) is 1.73. The van der Waals surface area contributed by atoms with Crippen molar-refractivity contribution >= 4 is 27.4 Å². The monoisotopic (exact) mass is 289 g/mol. The fraction of sp³-hybridized carbons (Fsp3) is 0.444. The van der Waals surface area contributed by atoms with E-state index in [1.54, 1.807) is 11.0 Å². The molecule has 0 spiro atoms. The van der Waals surface area contributed by atoms with Crippen molar-refractivity contribution in [2.45, 2.75) is 12.6 Å². The van der Waals surface area contributed by atoms with Gasteiger partial charge < -0.3 is 15.0 Å². The summed E-state index contributed by atoms with van der Waals surface area (Å²) in [6, 6.07) is 1.60. The highest BCUT2D eigenvalue weighted by atomic mass is 79.9. The number of halogens is 2. The highest BCUT2D eigenvalue weighted by molar-refractivity contribution is 9.10. The van der Waals surface area contributed by atoms with Crippen LogP contribution >= 0.6 is 15.9 Å². The summed E-state index contributed by atoms with van der Waals surface area (Å²) in [5.41, 5.74) is 0.375. The molecule has 16 heavy (non-hydrogen) atoms.